The molecule has 1 amide bonds. The number of piperidine rings is 1. The average molecular weight is 404 g/mol. The Kier molecular flexibility index (Phi) is 6.29. The van der Waals surface area contributed by atoms with Gasteiger partial charge in [0.1, 0.15) is 5.82 Å². The maximum Gasteiger partial charge on any atom is 0.232 e. The number of amides is 1. The quantitative estimate of drug-likeness (QED) is 0.718. The smallest absolute Gasteiger partial charge is 0.232 e. The van der Waals surface area contributed by atoms with Crippen LogP contribution in [0.5, 0.6) is 0 Å². The molecule has 0 N–H and O–H groups in total. The van der Waals surface area contributed by atoms with Crippen molar-refractivity contribution in [1.82, 2.24) is 15.0 Å². The van der Waals surface area contributed by atoms with Gasteiger partial charge in [-0.2, -0.15) is 4.98 Å². The number of rotatable bonds is 6. The zero-order valence-corrected chi connectivity index (χ0v) is 16.8. The molecule has 150 valence electrons. The second-order valence-corrected chi connectivity index (χ2v) is 9.05. The topological polar surface area (TPSA) is 59.2 Å². The van der Waals surface area contributed by atoms with Crippen molar-refractivity contribution < 1.29 is 13.7 Å². The van der Waals surface area contributed by atoms with Crippen LogP contribution >= 0.6 is 11.8 Å². The molecule has 2 aromatic rings. The van der Waals surface area contributed by atoms with Gasteiger partial charge in [0.05, 0.1) is 11.3 Å². The van der Waals surface area contributed by atoms with Crippen molar-refractivity contribution in [3.8, 4) is 11.4 Å². The second-order valence-electron chi connectivity index (χ2n) is 7.76. The Morgan fingerprint density at radius 2 is 2.04 bits per heavy atom. The molecule has 1 aliphatic carbocycles. The molecule has 2 heterocycles. The van der Waals surface area contributed by atoms with Gasteiger partial charge in [0, 0.05) is 24.8 Å². The van der Waals surface area contributed by atoms with Crippen LogP contribution in [0.4, 0.5) is 4.39 Å². The fraction of sp³-hybridized carbons (Fsp3) is 0.571. The van der Waals surface area contributed by atoms with Crippen molar-refractivity contribution in [1.29, 1.82) is 0 Å². The summed E-state index contributed by atoms with van der Waals surface area (Å²) in [7, 11) is 0. The van der Waals surface area contributed by atoms with E-state index < -0.39 is 0 Å². The summed E-state index contributed by atoms with van der Waals surface area (Å²) >= 11 is 1.83. The van der Waals surface area contributed by atoms with E-state index in [9.17, 15) is 9.18 Å². The molecule has 1 atom stereocenters. The standard InChI is InChI=1S/C21H26FN3O2S/c22-18-10-4-3-9-17(18)21-23-19(27-24-21)12-15-6-5-11-25(13-15)20(26)14-28-16-7-1-2-8-16/h3-4,9-10,15-16H,1-2,5-8,11-14H2/t15-/m0/s1. The van der Waals surface area contributed by atoms with E-state index in [1.807, 2.05) is 16.7 Å². The average Bonchev–Trinajstić information content (AvgIpc) is 3.39. The molecular formula is C21H26FN3O2S. The van der Waals surface area contributed by atoms with Gasteiger partial charge < -0.3 is 9.42 Å². The highest BCUT2D eigenvalue weighted by Gasteiger charge is 2.26. The van der Waals surface area contributed by atoms with Gasteiger partial charge in [0.25, 0.3) is 0 Å². The number of carbonyl (C=O) groups excluding carboxylic acids is 1. The summed E-state index contributed by atoms with van der Waals surface area (Å²) in [5.74, 6) is 1.59. The van der Waals surface area contributed by atoms with E-state index in [2.05, 4.69) is 10.1 Å². The van der Waals surface area contributed by atoms with Crippen LogP contribution in [-0.2, 0) is 11.2 Å². The van der Waals surface area contributed by atoms with E-state index in [0.29, 0.717) is 34.8 Å². The van der Waals surface area contributed by atoms with E-state index in [0.717, 1.165) is 25.9 Å². The van der Waals surface area contributed by atoms with Crippen molar-refractivity contribution in [3.63, 3.8) is 0 Å². The van der Waals surface area contributed by atoms with Gasteiger partial charge in [-0.1, -0.05) is 30.1 Å². The minimum atomic E-state index is -0.357. The summed E-state index contributed by atoms with van der Waals surface area (Å²) in [4.78, 5) is 19.0. The first-order chi connectivity index (χ1) is 13.7. The molecule has 0 spiro atoms. The Hall–Kier alpha value is -1.89. The zero-order chi connectivity index (χ0) is 19.3. The second kappa shape index (κ2) is 9.07. The minimum Gasteiger partial charge on any atom is -0.342 e. The van der Waals surface area contributed by atoms with Crippen LogP contribution in [0.25, 0.3) is 11.4 Å². The molecule has 1 saturated heterocycles. The van der Waals surface area contributed by atoms with Crippen molar-refractivity contribution in [2.45, 2.75) is 50.2 Å². The number of carbonyl (C=O) groups is 1. The number of benzene rings is 1. The number of likely N-dealkylation sites (tertiary alicyclic amines) is 1. The molecule has 7 heteroatoms. The molecule has 1 aromatic heterocycles. The van der Waals surface area contributed by atoms with E-state index in [1.54, 1.807) is 18.2 Å². The normalized spacial score (nSPS) is 20.6. The largest absolute Gasteiger partial charge is 0.342 e. The highest BCUT2D eigenvalue weighted by molar-refractivity contribution is 8.00. The van der Waals surface area contributed by atoms with E-state index in [-0.39, 0.29) is 17.5 Å². The maximum atomic E-state index is 13.9. The van der Waals surface area contributed by atoms with E-state index >= 15 is 0 Å². The fourth-order valence-electron chi connectivity index (χ4n) is 4.13. The lowest BCUT2D eigenvalue weighted by Gasteiger charge is -2.32. The lowest BCUT2D eigenvalue weighted by atomic mass is 9.95. The lowest BCUT2D eigenvalue weighted by molar-refractivity contribution is -0.130. The summed E-state index contributed by atoms with van der Waals surface area (Å²) in [5, 5.41) is 4.60. The molecule has 2 aliphatic rings. The highest BCUT2D eigenvalue weighted by atomic mass is 32.2. The number of thioether (sulfide) groups is 1. The predicted octanol–water partition coefficient (Wildman–Crippen LogP) is 4.33. The Labute approximate surface area is 169 Å². The molecule has 28 heavy (non-hydrogen) atoms. The van der Waals surface area contributed by atoms with Crippen LogP contribution < -0.4 is 0 Å². The Balaban J connectivity index is 1.31. The number of aromatic nitrogens is 2. The highest BCUT2D eigenvalue weighted by Crippen LogP contribution is 2.30. The van der Waals surface area contributed by atoms with Crippen LogP contribution in [-0.4, -0.2) is 45.0 Å². The van der Waals surface area contributed by atoms with Gasteiger partial charge >= 0.3 is 0 Å². The summed E-state index contributed by atoms with van der Waals surface area (Å²) < 4.78 is 19.3. The Bertz CT molecular complexity index is 806. The minimum absolute atomic E-state index is 0.249. The predicted molar refractivity (Wildman–Crippen MR) is 107 cm³/mol. The number of nitrogens with zero attached hydrogens (tertiary/aromatic N) is 3. The van der Waals surface area contributed by atoms with Crippen molar-refractivity contribution in [3.05, 3.63) is 36.0 Å². The third-order valence-corrected chi connectivity index (χ3v) is 7.02. The molecule has 1 aliphatic heterocycles. The molecule has 0 radical (unpaired) electrons. The molecule has 1 saturated carbocycles. The summed E-state index contributed by atoms with van der Waals surface area (Å²) in [6, 6.07) is 6.42. The van der Waals surface area contributed by atoms with E-state index in [4.69, 9.17) is 4.52 Å². The molecule has 4 rings (SSSR count). The zero-order valence-electron chi connectivity index (χ0n) is 16.0. The van der Waals surface area contributed by atoms with Gasteiger partial charge in [0.15, 0.2) is 0 Å². The Morgan fingerprint density at radius 3 is 2.86 bits per heavy atom. The molecule has 2 fully saturated rings. The maximum absolute atomic E-state index is 13.9. The molecule has 0 unspecified atom stereocenters. The van der Waals surface area contributed by atoms with Crippen molar-refractivity contribution >= 4 is 17.7 Å². The SMILES string of the molecule is O=C(CSC1CCCC1)N1CCC[C@@H](Cc2nc(-c3ccccc3F)no2)C1. The van der Waals surface area contributed by atoms with Crippen molar-refractivity contribution in [2.24, 2.45) is 5.92 Å². The summed E-state index contributed by atoms with van der Waals surface area (Å²) in [6.45, 7) is 1.58. The first-order valence-corrected chi connectivity index (χ1v) is 11.2. The van der Waals surface area contributed by atoms with Crippen LogP contribution in [0.15, 0.2) is 28.8 Å². The van der Waals surface area contributed by atoms with Crippen molar-refractivity contribution in [2.75, 3.05) is 18.8 Å². The molecule has 5 nitrogen and oxygen atoms in total. The monoisotopic (exact) mass is 403 g/mol. The number of halogens is 1. The summed E-state index contributed by atoms with van der Waals surface area (Å²) in [6.07, 6.45) is 7.77. The lowest BCUT2D eigenvalue weighted by Crippen LogP contribution is -2.41. The first kappa shape index (κ1) is 19.4. The number of hydrogen-bond acceptors (Lipinski definition) is 5. The van der Waals surface area contributed by atoms with Crippen LogP contribution in [0.2, 0.25) is 0 Å². The van der Waals surface area contributed by atoms with Gasteiger partial charge in [-0.05, 0) is 43.7 Å². The van der Waals surface area contributed by atoms with Crippen LogP contribution in [0.1, 0.15) is 44.4 Å². The van der Waals surface area contributed by atoms with Gasteiger partial charge in [-0.15, -0.1) is 11.8 Å². The Morgan fingerprint density at radius 1 is 1.21 bits per heavy atom. The van der Waals surface area contributed by atoms with Crippen LogP contribution in [0.3, 0.4) is 0 Å². The van der Waals surface area contributed by atoms with Crippen LogP contribution in [0, 0.1) is 11.7 Å². The first-order valence-electron chi connectivity index (χ1n) is 10.2. The molecular weight excluding hydrogens is 377 g/mol. The fourth-order valence-corrected chi connectivity index (χ4v) is 5.36. The third kappa shape index (κ3) is 4.74. The summed E-state index contributed by atoms with van der Waals surface area (Å²) in [5.41, 5.74) is 0.349. The van der Waals surface area contributed by atoms with Gasteiger partial charge in [-0.3, -0.25) is 4.79 Å². The van der Waals surface area contributed by atoms with Gasteiger partial charge in [0.2, 0.25) is 17.6 Å². The molecule has 1 aromatic carbocycles. The van der Waals surface area contributed by atoms with E-state index in [1.165, 1.54) is 31.7 Å². The molecule has 0 bridgehead atoms. The number of hydrogen-bond donors (Lipinski definition) is 0. The van der Waals surface area contributed by atoms with Gasteiger partial charge in [-0.25, -0.2) is 4.39 Å². The third-order valence-electron chi connectivity index (χ3n) is 5.66.